The van der Waals surface area contributed by atoms with Gasteiger partial charge in [-0.2, -0.15) is 0 Å². The lowest BCUT2D eigenvalue weighted by Crippen LogP contribution is -2.36. The number of ether oxygens (including phenoxy) is 1. The van der Waals surface area contributed by atoms with E-state index in [2.05, 4.69) is 0 Å². The number of esters is 1. The average Bonchev–Trinajstić information content (AvgIpc) is 2.87. The van der Waals surface area contributed by atoms with Crippen molar-refractivity contribution >= 4 is 29.1 Å². The minimum absolute atomic E-state index is 0.184. The fourth-order valence-electron chi connectivity index (χ4n) is 2.93. The quantitative estimate of drug-likeness (QED) is 0.276. The Balaban J connectivity index is 1.92. The summed E-state index contributed by atoms with van der Waals surface area (Å²) < 4.78 is 5.24. The molecule has 2 aliphatic rings. The van der Waals surface area contributed by atoms with Crippen LogP contribution in [0.3, 0.4) is 0 Å². The Kier molecular flexibility index (Phi) is 3.15. The molecule has 6 nitrogen and oxygen atoms in total. The molecule has 0 N–H and O–H groups in total. The summed E-state index contributed by atoms with van der Waals surface area (Å²) in [6, 6.07) is 12.9. The van der Waals surface area contributed by atoms with Crippen molar-refractivity contribution in [2.75, 3.05) is 4.90 Å². The predicted octanol–water partition coefficient (Wildman–Crippen LogP) is 1.97. The van der Waals surface area contributed by atoms with E-state index in [9.17, 15) is 19.2 Å². The van der Waals surface area contributed by atoms with Crippen molar-refractivity contribution in [2.45, 2.75) is 6.92 Å². The van der Waals surface area contributed by atoms with Gasteiger partial charge in [0.15, 0.2) is 17.2 Å². The van der Waals surface area contributed by atoms with Crippen LogP contribution in [0.15, 0.2) is 59.8 Å². The van der Waals surface area contributed by atoms with Crippen LogP contribution in [0, 0.1) is 6.92 Å². The molecule has 122 valence electrons. The van der Waals surface area contributed by atoms with Gasteiger partial charge in [-0.1, -0.05) is 36.4 Å². The van der Waals surface area contributed by atoms with Crippen molar-refractivity contribution in [3.63, 3.8) is 0 Å². The van der Waals surface area contributed by atoms with E-state index in [0.717, 1.165) is 10.5 Å². The Morgan fingerprint density at radius 2 is 1.72 bits per heavy atom. The summed E-state index contributed by atoms with van der Waals surface area (Å²) >= 11 is 0. The highest BCUT2D eigenvalue weighted by molar-refractivity contribution is 6.59. The van der Waals surface area contributed by atoms with Crippen LogP contribution in [-0.2, 0) is 14.4 Å². The molecule has 0 saturated carbocycles. The number of nitrogens with zero attached hydrogens (tertiary/aromatic N) is 1. The largest absolute Gasteiger partial charge is 0.420 e. The van der Waals surface area contributed by atoms with E-state index in [-0.39, 0.29) is 22.7 Å². The SMILES string of the molecule is Cc1ccc2c(c1)OC(=O)C1=C(C(=O)c3ccccc3)C(=O)C(=O)N12. The summed E-state index contributed by atoms with van der Waals surface area (Å²) in [4.78, 5) is 51.0. The third-order valence-electron chi connectivity index (χ3n) is 4.10. The summed E-state index contributed by atoms with van der Waals surface area (Å²) in [7, 11) is 0. The minimum Gasteiger partial charge on any atom is -0.420 e. The normalized spacial score (nSPS) is 15.9. The van der Waals surface area contributed by atoms with Gasteiger partial charge >= 0.3 is 11.9 Å². The van der Waals surface area contributed by atoms with E-state index in [0.29, 0.717) is 0 Å². The predicted molar refractivity (Wildman–Crippen MR) is 87.1 cm³/mol. The van der Waals surface area contributed by atoms with Crippen LogP contribution >= 0.6 is 0 Å². The molecule has 0 saturated heterocycles. The smallest absolute Gasteiger partial charge is 0.361 e. The molecule has 2 heterocycles. The third-order valence-corrected chi connectivity index (χ3v) is 4.10. The molecule has 0 aliphatic carbocycles. The van der Waals surface area contributed by atoms with Crippen molar-refractivity contribution in [1.82, 2.24) is 0 Å². The van der Waals surface area contributed by atoms with E-state index in [1.165, 1.54) is 12.1 Å². The number of benzene rings is 2. The second-order valence-corrected chi connectivity index (χ2v) is 5.75. The molecule has 0 spiro atoms. The number of aryl methyl sites for hydroxylation is 1. The van der Waals surface area contributed by atoms with Gasteiger partial charge in [0.1, 0.15) is 5.57 Å². The highest BCUT2D eigenvalue weighted by Crippen LogP contribution is 2.41. The molecule has 1 amide bonds. The molecular weight excluding hydrogens is 322 g/mol. The van der Waals surface area contributed by atoms with Crippen molar-refractivity contribution in [2.24, 2.45) is 0 Å². The number of fused-ring (bicyclic) bond motifs is 3. The van der Waals surface area contributed by atoms with Crippen LogP contribution in [-0.4, -0.2) is 23.4 Å². The first kappa shape index (κ1) is 15.0. The van der Waals surface area contributed by atoms with Crippen molar-refractivity contribution in [3.8, 4) is 5.75 Å². The number of rotatable bonds is 2. The van der Waals surface area contributed by atoms with Gasteiger partial charge in [0.2, 0.25) is 0 Å². The van der Waals surface area contributed by atoms with Crippen molar-refractivity contribution in [1.29, 1.82) is 0 Å². The zero-order valence-electron chi connectivity index (χ0n) is 13.1. The maximum atomic E-state index is 12.7. The van der Waals surface area contributed by atoms with Gasteiger partial charge in [0, 0.05) is 5.56 Å². The molecule has 0 aromatic heterocycles. The van der Waals surface area contributed by atoms with Gasteiger partial charge in [-0.3, -0.25) is 19.3 Å². The summed E-state index contributed by atoms with van der Waals surface area (Å²) in [5, 5.41) is 0. The Morgan fingerprint density at radius 3 is 2.44 bits per heavy atom. The fourth-order valence-corrected chi connectivity index (χ4v) is 2.93. The molecule has 25 heavy (non-hydrogen) atoms. The van der Waals surface area contributed by atoms with Gasteiger partial charge < -0.3 is 4.74 Å². The van der Waals surface area contributed by atoms with Gasteiger partial charge in [0.05, 0.1) is 5.69 Å². The fraction of sp³-hybridized carbons (Fsp3) is 0.0526. The second-order valence-electron chi connectivity index (χ2n) is 5.75. The van der Waals surface area contributed by atoms with Gasteiger partial charge in [-0.25, -0.2) is 4.79 Å². The third kappa shape index (κ3) is 2.11. The van der Waals surface area contributed by atoms with Crippen LogP contribution in [0.25, 0.3) is 0 Å². The molecule has 2 aromatic rings. The number of Topliss-reactive ketones (excluding diaryl/α,β-unsaturated/α-hetero) is 2. The molecule has 2 aromatic carbocycles. The van der Waals surface area contributed by atoms with Gasteiger partial charge in [-0.15, -0.1) is 0 Å². The Labute approximate surface area is 142 Å². The first-order valence-electron chi connectivity index (χ1n) is 7.54. The second kappa shape index (κ2) is 5.24. The van der Waals surface area contributed by atoms with Gasteiger partial charge in [-0.05, 0) is 24.6 Å². The van der Waals surface area contributed by atoms with E-state index in [1.807, 2.05) is 0 Å². The molecule has 0 radical (unpaired) electrons. The van der Waals surface area contributed by atoms with Crippen LogP contribution < -0.4 is 9.64 Å². The molecule has 6 heteroatoms. The first-order valence-corrected chi connectivity index (χ1v) is 7.54. The lowest BCUT2D eigenvalue weighted by atomic mass is 10.00. The van der Waals surface area contributed by atoms with E-state index in [1.54, 1.807) is 43.3 Å². The number of hydrogen-bond donors (Lipinski definition) is 0. The summed E-state index contributed by atoms with van der Waals surface area (Å²) in [5.41, 5.74) is 0.551. The summed E-state index contributed by atoms with van der Waals surface area (Å²) in [6.07, 6.45) is 0. The minimum atomic E-state index is -1.01. The molecule has 0 bridgehead atoms. The van der Waals surface area contributed by atoms with Crippen molar-refractivity contribution < 1.29 is 23.9 Å². The maximum absolute atomic E-state index is 12.7. The number of carbonyl (C=O) groups is 4. The van der Waals surface area contributed by atoms with E-state index in [4.69, 9.17) is 4.74 Å². The molecular formula is C19H11NO5. The maximum Gasteiger partial charge on any atom is 0.361 e. The molecule has 0 fully saturated rings. The number of amides is 1. The molecule has 2 aliphatic heterocycles. The summed E-state index contributed by atoms with van der Waals surface area (Å²) in [5.74, 6) is -3.32. The lowest BCUT2D eigenvalue weighted by molar-refractivity contribution is -0.133. The average molecular weight is 333 g/mol. The number of ketones is 2. The molecule has 0 unspecified atom stereocenters. The molecule has 0 atom stereocenters. The van der Waals surface area contributed by atoms with Crippen LogP contribution in [0.4, 0.5) is 5.69 Å². The van der Waals surface area contributed by atoms with Crippen molar-refractivity contribution in [3.05, 3.63) is 70.9 Å². The van der Waals surface area contributed by atoms with Crippen LogP contribution in [0.1, 0.15) is 15.9 Å². The number of carbonyl (C=O) groups excluding carboxylic acids is 4. The van der Waals surface area contributed by atoms with Crippen LogP contribution in [0.2, 0.25) is 0 Å². The number of hydrogen-bond acceptors (Lipinski definition) is 5. The van der Waals surface area contributed by atoms with Crippen LogP contribution in [0.5, 0.6) is 5.75 Å². The first-order chi connectivity index (χ1) is 12.0. The lowest BCUT2D eigenvalue weighted by Gasteiger charge is -2.26. The van der Waals surface area contributed by atoms with E-state index < -0.39 is 29.0 Å². The molecule has 4 rings (SSSR count). The highest BCUT2D eigenvalue weighted by atomic mass is 16.5. The topological polar surface area (TPSA) is 80.8 Å². The standard InChI is InChI=1S/C19H11NO5/c1-10-7-8-12-13(9-10)25-19(24)15-14(17(22)18(23)20(12)15)16(21)11-5-3-2-4-6-11/h2-9H,1H3. The Hall–Kier alpha value is -3.54. The zero-order valence-corrected chi connectivity index (χ0v) is 13.1. The van der Waals surface area contributed by atoms with Gasteiger partial charge in [0.25, 0.3) is 5.78 Å². The van der Waals surface area contributed by atoms with E-state index >= 15 is 0 Å². The zero-order chi connectivity index (χ0) is 17.7. The Morgan fingerprint density at radius 1 is 1.00 bits per heavy atom. The number of anilines is 1. The highest BCUT2D eigenvalue weighted by Gasteiger charge is 2.49. The monoisotopic (exact) mass is 333 g/mol. The summed E-state index contributed by atoms with van der Waals surface area (Å²) in [6.45, 7) is 1.81. The Bertz CT molecular complexity index is 1000.